The molecule has 0 saturated carbocycles. The van der Waals surface area contributed by atoms with Crippen molar-refractivity contribution in [1.29, 1.82) is 0 Å². The van der Waals surface area contributed by atoms with E-state index in [1.807, 2.05) is 0 Å². The molecule has 100 valence electrons. The Morgan fingerprint density at radius 1 is 1.37 bits per heavy atom. The van der Waals surface area contributed by atoms with Gasteiger partial charge in [-0.05, 0) is 30.2 Å². The number of alkyl halides is 3. The van der Waals surface area contributed by atoms with E-state index in [2.05, 4.69) is 0 Å². The monoisotopic (exact) mass is 306 g/mol. The number of benzene rings is 1. The first-order valence-electron chi connectivity index (χ1n) is 5.35. The van der Waals surface area contributed by atoms with E-state index in [-0.39, 0.29) is 16.9 Å². The summed E-state index contributed by atoms with van der Waals surface area (Å²) >= 11 is 6.35. The van der Waals surface area contributed by atoms with Crippen LogP contribution in [-0.2, 0) is 6.42 Å². The largest absolute Gasteiger partial charge is 0.422 e. The first kappa shape index (κ1) is 12.9. The first-order valence-corrected chi connectivity index (χ1v) is 6.60. The molecule has 0 aliphatic carbocycles. The van der Waals surface area contributed by atoms with Gasteiger partial charge in [-0.2, -0.15) is 13.2 Å². The van der Waals surface area contributed by atoms with E-state index in [0.29, 0.717) is 27.7 Å². The van der Waals surface area contributed by atoms with Gasteiger partial charge >= 0.3 is 11.8 Å². The molecule has 0 radical (unpaired) electrons. The van der Waals surface area contributed by atoms with E-state index in [4.69, 9.17) is 16.0 Å². The van der Waals surface area contributed by atoms with E-state index < -0.39 is 17.1 Å². The van der Waals surface area contributed by atoms with Crippen molar-refractivity contribution < 1.29 is 17.6 Å². The summed E-state index contributed by atoms with van der Waals surface area (Å²) in [5.41, 5.74) is -0.0841. The summed E-state index contributed by atoms with van der Waals surface area (Å²) in [6.07, 6.45) is -4.58. The predicted octanol–water partition coefficient (Wildman–Crippen LogP) is 4.03. The molecule has 0 unspecified atom stereocenters. The highest BCUT2D eigenvalue weighted by Gasteiger charge is 2.45. The van der Waals surface area contributed by atoms with E-state index in [9.17, 15) is 18.0 Å². The second-order valence-electron chi connectivity index (χ2n) is 4.19. The van der Waals surface area contributed by atoms with Gasteiger partial charge in [-0.1, -0.05) is 11.6 Å². The number of rotatable bonds is 0. The van der Waals surface area contributed by atoms with Gasteiger partial charge in [0.05, 0.1) is 4.90 Å². The molecule has 2 nitrogen and oxygen atoms in total. The van der Waals surface area contributed by atoms with Crippen LogP contribution in [0.25, 0.3) is 11.0 Å². The Bertz CT molecular complexity index is 723. The lowest BCUT2D eigenvalue weighted by Crippen LogP contribution is -2.24. The second-order valence-corrected chi connectivity index (χ2v) is 5.84. The Morgan fingerprint density at radius 2 is 2.11 bits per heavy atom. The molecule has 0 amide bonds. The molecular weight excluding hydrogens is 301 g/mol. The smallest absolute Gasteiger partial charge is 0.401 e. The molecule has 0 N–H and O–H groups in total. The Morgan fingerprint density at radius 3 is 2.79 bits per heavy atom. The van der Waals surface area contributed by atoms with Crippen molar-refractivity contribution in [2.45, 2.75) is 22.7 Å². The zero-order valence-corrected chi connectivity index (χ0v) is 10.8. The van der Waals surface area contributed by atoms with Gasteiger partial charge in [0.1, 0.15) is 10.8 Å². The zero-order chi connectivity index (χ0) is 13.8. The summed E-state index contributed by atoms with van der Waals surface area (Å²) in [5.74, 6) is 0. The van der Waals surface area contributed by atoms with Crippen LogP contribution in [-0.4, -0.2) is 11.4 Å². The molecule has 0 fully saturated rings. The summed E-state index contributed by atoms with van der Waals surface area (Å²) in [6.45, 7) is 0. The summed E-state index contributed by atoms with van der Waals surface area (Å²) in [7, 11) is 0. The number of thioether (sulfide) groups is 1. The fourth-order valence-electron chi connectivity index (χ4n) is 2.09. The van der Waals surface area contributed by atoms with Gasteiger partial charge in [0, 0.05) is 10.4 Å². The maximum absolute atomic E-state index is 12.8. The first-order chi connectivity index (χ1) is 8.86. The van der Waals surface area contributed by atoms with E-state index >= 15 is 0 Å². The zero-order valence-electron chi connectivity index (χ0n) is 9.25. The minimum atomic E-state index is -4.35. The quantitative estimate of drug-likeness (QED) is 0.689. The molecule has 1 aromatic carbocycles. The minimum Gasteiger partial charge on any atom is -0.422 e. The van der Waals surface area contributed by atoms with E-state index in [1.54, 1.807) is 0 Å². The van der Waals surface area contributed by atoms with Crippen LogP contribution >= 0.6 is 23.4 Å². The van der Waals surface area contributed by atoms with E-state index in [0.717, 1.165) is 0 Å². The molecule has 0 bridgehead atoms. The van der Waals surface area contributed by atoms with Crippen LogP contribution in [0.5, 0.6) is 0 Å². The van der Waals surface area contributed by atoms with E-state index in [1.165, 1.54) is 18.2 Å². The molecule has 7 heteroatoms. The van der Waals surface area contributed by atoms with Gasteiger partial charge < -0.3 is 4.42 Å². The van der Waals surface area contributed by atoms with Crippen molar-refractivity contribution in [3.63, 3.8) is 0 Å². The van der Waals surface area contributed by atoms with Crippen LogP contribution in [0, 0.1) is 0 Å². The Kier molecular flexibility index (Phi) is 2.83. The molecule has 3 rings (SSSR count). The Labute approximate surface area is 114 Å². The van der Waals surface area contributed by atoms with Crippen LogP contribution in [0.2, 0.25) is 5.02 Å². The van der Waals surface area contributed by atoms with Crippen LogP contribution in [0.15, 0.2) is 32.3 Å². The number of hydrogen-bond acceptors (Lipinski definition) is 3. The van der Waals surface area contributed by atoms with Gasteiger partial charge in [-0.3, -0.25) is 0 Å². The van der Waals surface area contributed by atoms with Crippen LogP contribution in [0.1, 0.15) is 5.56 Å². The van der Waals surface area contributed by atoms with Crippen molar-refractivity contribution in [1.82, 2.24) is 0 Å². The topological polar surface area (TPSA) is 30.2 Å². The highest BCUT2D eigenvalue weighted by Crippen LogP contribution is 2.45. The van der Waals surface area contributed by atoms with Crippen molar-refractivity contribution in [2.24, 2.45) is 0 Å². The summed E-state index contributed by atoms with van der Waals surface area (Å²) in [5, 5.41) is -0.736. The summed E-state index contributed by atoms with van der Waals surface area (Å²) < 4.78 is 43.3. The Hall–Kier alpha value is -1.14. The van der Waals surface area contributed by atoms with Gasteiger partial charge in [0.15, 0.2) is 0 Å². The molecule has 0 saturated heterocycles. The third-order valence-electron chi connectivity index (χ3n) is 2.94. The highest BCUT2D eigenvalue weighted by molar-refractivity contribution is 8.00. The van der Waals surface area contributed by atoms with Crippen LogP contribution in [0.4, 0.5) is 13.2 Å². The van der Waals surface area contributed by atoms with Crippen LogP contribution < -0.4 is 5.63 Å². The average molecular weight is 307 g/mol. The summed E-state index contributed by atoms with van der Waals surface area (Å²) in [4.78, 5) is 11.7. The van der Waals surface area contributed by atoms with Crippen molar-refractivity contribution in [3.8, 4) is 0 Å². The maximum atomic E-state index is 12.8. The summed E-state index contributed by atoms with van der Waals surface area (Å²) in [6, 6.07) is 4.55. The lowest BCUT2D eigenvalue weighted by molar-refractivity contribution is -0.127. The highest BCUT2D eigenvalue weighted by atomic mass is 35.5. The number of halogens is 4. The molecule has 2 heterocycles. The molecule has 1 atom stereocenters. The van der Waals surface area contributed by atoms with Crippen molar-refractivity contribution in [2.75, 3.05) is 0 Å². The molecule has 2 aromatic rings. The van der Waals surface area contributed by atoms with Gasteiger partial charge in [-0.15, -0.1) is 11.8 Å². The number of hydrogen-bond donors (Lipinski definition) is 0. The molecule has 1 aliphatic heterocycles. The van der Waals surface area contributed by atoms with Gasteiger partial charge in [0.25, 0.3) is 0 Å². The minimum absolute atomic E-state index is 0.0390. The molecule has 1 aliphatic rings. The lowest BCUT2D eigenvalue weighted by Gasteiger charge is -2.11. The average Bonchev–Trinajstić information content (AvgIpc) is 2.76. The van der Waals surface area contributed by atoms with Gasteiger partial charge in [-0.25, -0.2) is 4.79 Å². The molecule has 0 spiro atoms. The predicted molar refractivity (Wildman–Crippen MR) is 66.9 cm³/mol. The fourth-order valence-corrected chi connectivity index (χ4v) is 3.41. The third-order valence-corrected chi connectivity index (χ3v) is 4.55. The standard InChI is InChI=1S/C12H6ClF3O2S/c13-5-1-2-8-6(3-5)7-4-9(12(14,15)16)19-10(7)11(17)18-8/h1-3,9H,4H2/t9-/m0/s1. The van der Waals surface area contributed by atoms with Crippen molar-refractivity contribution in [3.05, 3.63) is 39.2 Å². The lowest BCUT2D eigenvalue weighted by atomic mass is 10.1. The van der Waals surface area contributed by atoms with Gasteiger partial charge in [0.2, 0.25) is 0 Å². The molecule has 1 aromatic heterocycles. The Balaban J connectivity index is 2.23. The molecule has 19 heavy (non-hydrogen) atoms. The molecular formula is C12H6ClF3O2S. The third kappa shape index (κ3) is 2.12. The maximum Gasteiger partial charge on any atom is 0.401 e. The van der Waals surface area contributed by atoms with Crippen molar-refractivity contribution >= 4 is 34.3 Å². The SMILES string of the molecule is O=c1oc2ccc(Cl)cc2c2c1S[C@H](C(F)(F)F)C2. The second kappa shape index (κ2) is 4.18. The van der Waals surface area contributed by atoms with Crippen LogP contribution in [0.3, 0.4) is 0 Å². The normalized spacial score (nSPS) is 18.8. The fraction of sp³-hybridized carbons (Fsp3) is 0.250. The number of fused-ring (bicyclic) bond motifs is 3.